The predicted molar refractivity (Wildman–Crippen MR) is 76.1 cm³/mol. The Morgan fingerprint density at radius 3 is 2.83 bits per heavy atom. The molecule has 1 aromatic carbocycles. The minimum Gasteiger partial charge on any atom is -0.396 e. The van der Waals surface area contributed by atoms with Crippen LogP contribution in [0.4, 0.5) is 0 Å². The summed E-state index contributed by atoms with van der Waals surface area (Å²) in [5, 5.41) is 12.1. The van der Waals surface area contributed by atoms with Crippen molar-refractivity contribution in [1.82, 2.24) is 5.32 Å². The van der Waals surface area contributed by atoms with Crippen molar-refractivity contribution in [1.29, 1.82) is 0 Å². The zero-order valence-electron chi connectivity index (χ0n) is 10.2. The second-order valence-electron chi connectivity index (χ2n) is 3.81. The van der Waals surface area contributed by atoms with E-state index in [1.54, 1.807) is 11.8 Å². The molecule has 0 aliphatic heterocycles. The van der Waals surface area contributed by atoms with Crippen LogP contribution < -0.4 is 5.32 Å². The number of unbranched alkanes of at least 4 members (excludes halogenated alkanes) is 1. The molecular weight excluding hydrogens is 270 g/mol. The van der Waals surface area contributed by atoms with Gasteiger partial charge < -0.3 is 10.4 Å². The van der Waals surface area contributed by atoms with Crippen molar-refractivity contribution >= 4 is 29.3 Å². The molecule has 1 amide bonds. The molecule has 0 unspecified atom stereocenters. The van der Waals surface area contributed by atoms with E-state index in [9.17, 15) is 4.79 Å². The standard InChI is InChI=1S/C13H18ClNO2S/c14-11-5-1-2-6-12(11)18-10-7-13(17)15-8-3-4-9-16/h1-2,5-6,16H,3-4,7-10H2,(H,15,17). The second-order valence-corrected chi connectivity index (χ2v) is 5.35. The first-order chi connectivity index (χ1) is 8.74. The van der Waals surface area contributed by atoms with Gasteiger partial charge in [0.2, 0.25) is 5.91 Å². The average molecular weight is 288 g/mol. The highest BCUT2D eigenvalue weighted by Crippen LogP contribution is 2.26. The summed E-state index contributed by atoms with van der Waals surface area (Å²) < 4.78 is 0. The van der Waals surface area contributed by atoms with Gasteiger partial charge in [-0.05, 0) is 25.0 Å². The monoisotopic (exact) mass is 287 g/mol. The third-order valence-electron chi connectivity index (χ3n) is 2.33. The quantitative estimate of drug-likeness (QED) is 0.571. The summed E-state index contributed by atoms with van der Waals surface area (Å²) >= 11 is 7.60. The summed E-state index contributed by atoms with van der Waals surface area (Å²) in [5.74, 6) is 0.766. The Bertz CT molecular complexity index is 374. The van der Waals surface area contributed by atoms with Crippen molar-refractivity contribution < 1.29 is 9.90 Å². The van der Waals surface area contributed by atoms with Crippen molar-refractivity contribution in [2.75, 3.05) is 18.9 Å². The minimum absolute atomic E-state index is 0.0486. The lowest BCUT2D eigenvalue weighted by atomic mass is 10.3. The summed E-state index contributed by atoms with van der Waals surface area (Å²) in [7, 11) is 0. The van der Waals surface area contributed by atoms with Gasteiger partial charge in [0.1, 0.15) is 0 Å². The molecule has 0 aliphatic rings. The number of aliphatic hydroxyl groups excluding tert-OH is 1. The normalized spacial score (nSPS) is 10.3. The number of hydrogen-bond donors (Lipinski definition) is 2. The zero-order valence-corrected chi connectivity index (χ0v) is 11.8. The van der Waals surface area contributed by atoms with Crippen molar-refractivity contribution in [3.8, 4) is 0 Å². The van der Waals surface area contributed by atoms with E-state index < -0.39 is 0 Å². The van der Waals surface area contributed by atoms with Crippen LogP contribution >= 0.6 is 23.4 Å². The maximum atomic E-state index is 11.5. The van der Waals surface area contributed by atoms with Crippen LogP contribution in [0.2, 0.25) is 5.02 Å². The predicted octanol–water partition coefficient (Wildman–Crippen LogP) is 2.71. The highest BCUT2D eigenvalue weighted by Gasteiger charge is 2.03. The van der Waals surface area contributed by atoms with Gasteiger partial charge in [0.05, 0.1) is 5.02 Å². The molecule has 0 saturated carbocycles. The fourth-order valence-electron chi connectivity index (χ4n) is 1.37. The van der Waals surface area contributed by atoms with Gasteiger partial charge in [0.15, 0.2) is 0 Å². The molecule has 0 heterocycles. The number of aliphatic hydroxyl groups is 1. The third kappa shape index (κ3) is 6.28. The van der Waals surface area contributed by atoms with Crippen LogP contribution in [-0.4, -0.2) is 29.9 Å². The molecule has 0 aromatic heterocycles. The summed E-state index contributed by atoms with van der Waals surface area (Å²) in [5.41, 5.74) is 0. The summed E-state index contributed by atoms with van der Waals surface area (Å²) in [6.45, 7) is 0.814. The van der Waals surface area contributed by atoms with E-state index in [0.29, 0.717) is 13.0 Å². The molecule has 3 nitrogen and oxygen atoms in total. The molecule has 0 fully saturated rings. The summed E-state index contributed by atoms with van der Waals surface area (Å²) in [6.07, 6.45) is 2.03. The average Bonchev–Trinajstić information content (AvgIpc) is 2.37. The number of hydrogen-bond acceptors (Lipinski definition) is 3. The van der Waals surface area contributed by atoms with Gasteiger partial charge >= 0.3 is 0 Å². The lowest BCUT2D eigenvalue weighted by molar-refractivity contribution is -0.120. The van der Waals surface area contributed by atoms with Gasteiger partial charge in [-0.3, -0.25) is 4.79 Å². The number of benzene rings is 1. The first-order valence-corrected chi connectivity index (χ1v) is 7.35. The number of halogens is 1. The topological polar surface area (TPSA) is 49.3 Å². The van der Waals surface area contributed by atoms with Crippen LogP contribution in [-0.2, 0) is 4.79 Å². The summed E-state index contributed by atoms with van der Waals surface area (Å²) in [4.78, 5) is 12.5. The Hall–Kier alpha value is -0.710. The van der Waals surface area contributed by atoms with Crippen molar-refractivity contribution in [2.24, 2.45) is 0 Å². The number of amides is 1. The first-order valence-electron chi connectivity index (χ1n) is 5.99. The van der Waals surface area contributed by atoms with Crippen molar-refractivity contribution in [2.45, 2.75) is 24.2 Å². The first kappa shape index (κ1) is 15.3. The van der Waals surface area contributed by atoms with Crippen LogP contribution in [0.5, 0.6) is 0 Å². The van der Waals surface area contributed by atoms with Gasteiger partial charge in [0, 0.05) is 30.2 Å². The Balaban J connectivity index is 2.14. The maximum absolute atomic E-state index is 11.5. The molecule has 0 aliphatic carbocycles. The van der Waals surface area contributed by atoms with Crippen molar-refractivity contribution in [3.05, 3.63) is 29.3 Å². The molecule has 1 rings (SSSR count). The van der Waals surface area contributed by atoms with E-state index in [4.69, 9.17) is 16.7 Å². The molecule has 5 heteroatoms. The number of thioether (sulfide) groups is 1. The molecule has 18 heavy (non-hydrogen) atoms. The number of carbonyl (C=O) groups excluding carboxylic acids is 1. The Labute approximate surface area is 117 Å². The van der Waals surface area contributed by atoms with Crippen LogP contribution in [0.25, 0.3) is 0 Å². The molecule has 0 atom stereocenters. The van der Waals surface area contributed by atoms with Crippen LogP contribution in [0.1, 0.15) is 19.3 Å². The Morgan fingerprint density at radius 1 is 1.33 bits per heavy atom. The van der Waals surface area contributed by atoms with E-state index in [0.717, 1.165) is 28.5 Å². The molecule has 0 spiro atoms. The molecule has 100 valence electrons. The SMILES string of the molecule is O=C(CCSc1ccccc1Cl)NCCCCO. The molecule has 0 saturated heterocycles. The maximum Gasteiger partial charge on any atom is 0.220 e. The van der Waals surface area contributed by atoms with Crippen LogP contribution in [0.3, 0.4) is 0 Å². The second kappa shape index (κ2) is 9.25. The van der Waals surface area contributed by atoms with E-state index in [1.807, 2.05) is 24.3 Å². The van der Waals surface area contributed by atoms with Crippen LogP contribution in [0.15, 0.2) is 29.2 Å². The van der Waals surface area contributed by atoms with E-state index in [-0.39, 0.29) is 12.5 Å². The van der Waals surface area contributed by atoms with Crippen LogP contribution in [0, 0.1) is 0 Å². The molecule has 2 N–H and O–H groups in total. The highest BCUT2D eigenvalue weighted by molar-refractivity contribution is 7.99. The van der Waals surface area contributed by atoms with Gasteiger partial charge in [-0.25, -0.2) is 0 Å². The number of rotatable bonds is 8. The molecule has 0 radical (unpaired) electrons. The van der Waals surface area contributed by atoms with E-state index in [1.165, 1.54) is 0 Å². The molecular formula is C13H18ClNO2S. The van der Waals surface area contributed by atoms with Crippen molar-refractivity contribution in [3.63, 3.8) is 0 Å². The van der Waals surface area contributed by atoms with E-state index in [2.05, 4.69) is 5.32 Å². The lowest BCUT2D eigenvalue weighted by Gasteiger charge is -2.05. The Kier molecular flexibility index (Phi) is 7.89. The van der Waals surface area contributed by atoms with Gasteiger partial charge in [-0.1, -0.05) is 23.7 Å². The smallest absolute Gasteiger partial charge is 0.220 e. The van der Waals surface area contributed by atoms with Gasteiger partial charge in [-0.2, -0.15) is 0 Å². The fraction of sp³-hybridized carbons (Fsp3) is 0.462. The largest absolute Gasteiger partial charge is 0.396 e. The molecule has 1 aromatic rings. The lowest BCUT2D eigenvalue weighted by Crippen LogP contribution is -2.24. The minimum atomic E-state index is 0.0486. The zero-order chi connectivity index (χ0) is 13.2. The Morgan fingerprint density at radius 2 is 2.11 bits per heavy atom. The van der Waals surface area contributed by atoms with Gasteiger partial charge in [-0.15, -0.1) is 11.8 Å². The number of carbonyl (C=O) groups is 1. The van der Waals surface area contributed by atoms with E-state index >= 15 is 0 Å². The third-order valence-corrected chi connectivity index (χ3v) is 3.85. The van der Waals surface area contributed by atoms with Gasteiger partial charge in [0.25, 0.3) is 0 Å². The highest BCUT2D eigenvalue weighted by atomic mass is 35.5. The summed E-state index contributed by atoms with van der Waals surface area (Å²) in [6, 6.07) is 7.62. The molecule has 0 bridgehead atoms. The number of nitrogens with one attached hydrogen (secondary N) is 1. The fourth-order valence-corrected chi connectivity index (χ4v) is 2.56.